The van der Waals surface area contributed by atoms with Crippen LogP contribution in [0.2, 0.25) is 0 Å². The van der Waals surface area contributed by atoms with Crippen molar-refractivity contribution in [1.29, 1.82) is 0 Å². The van der Waals surface area contributed by atoms with Crippen LogP contribution in [0.15, 0.2) is 24.5 Å². The number of aromatic nitrogens is 1. The zero-order valence-corrected chi connectivity index (χ0v) is 6.97. The lowest BCUT2D eigenvalue weighted by atomic mass is 9.94. The first-order valence-corrected chi connectivity index (χ1v) is 3.62. The van der Waals surface area contributed by atoms with E-state index in [2.05, 4.69) is 4.98 Å². The second-order valence-electron chi connectivity index (χ2n) is 2.94. The molecule has 1 unspecified atom stereocenters. The fraction of sp³-hybridized carbons (Fsp3) is 0.375. The van der Waals surface area contributed by atoms with Crippen molar-refractivity contribution in [3.05, 3.63) is 30.1 Å². The van der Waals surface area contributed by atoms with E-state index < -0.39 is 11.7 Å². The Morgan fingerprint density at radius 1 is 1.23 bits per heavy atom. The molecule has 5 heteroatoms. The highest BCUT2D eigenvalue weighted by Crippen LogP contribution is 2.35. The van der Waals surface area contributed by atoms with Crippen molar-refractivity contribution in [2.75, 3.05) is 0 Å². The van der Waals surface area contributed by atoms with Crippen LogP contribution in [0.3, 0.4) is 0 Å². The molecule has 1 heterocycles. The van der Waals surface area contributed by atoms with Crippen molar-refractivity contribution >= 4 is 0 Å². The van der Waals surface area contributed by atoms with Gasteiger partial charge in [-0.3, -0.25) is 4.98 Å². The van der Waals surface area contributed by atoms with Gasteiger partial charge < -0.3 is 5.73 Å². The van der Waals surface area contributed by atoms with Gasteiger partial charge in [0.15, 0.2) is 0 Å². The van der Waals surface area contributed by atoms with Crippen molar-refractivity contribution in [2.45, 2.75) is 18.6 Å². The van der Waals surface area contributed by atoms with Crippen LogP contribution < -0.4 is 5.73 Å². The van der Waals surface area contributed by atoms with Gasteiger partial charge in [0.1, 0.15) is 5.54 Å². The minimum atomic E-state index is -4.45. The van der Waals surface area contributed by atoms with Crippen molar-refractivity contribution in [3.63, 3.8) is 0 Å². The molecular weight excluding hydrogens is 181 g/mol. The molecule has 0 aliphatic heterocycles. The fourth-order valence-corrected chi connectivity index (χ4v) is 0.862. The Kier molecular flexibility index (Phi) is 2.30. The predicted molar refractivity (Wildman–Crippen MR) is 41.8 cm³/mol. The number of hydrogen-bond acceptors (Lipinski definition) is 2. The van der Waals surface area contributed by atoms with E-state index in [0.29, 0.717) is 0 Å². The second kappa shape index (κ2) is 2.99. The monoisotopic (exact) mass is 190 g/mol. The van der Waals surface area contributed by atoms with Gasteiger partial charge in [-0.15, -0.1) is 0 Å². The first-order valence-electron chi connectivity index (χ1n) is 3.62. The molecule has 1 aromatic heterocycles. The first-order chi connectivity index (χ1) is 5.86. The predicted octanol–water partition coefficient (Wildman–Crippen LogP) is 1.82. The molecule has 0 aliphatic carbocycles. The quantitative estimate of drug-likeness (QED) is 0.733. The summed E-state index contributed by atoms with van der Waals surface area (Å²) in [5, 5.41) is 0. The van der Waals surface area contributed by atoms with E-state index in [0.717, 1.165) is 6.92 Å². The maximum Gasteiger partial charge on any atom is 0.410 e. The minimum absolute atomic E-state index is 0.00926. The number of halogens is 3. The van der Waals surface area contributed by atoms with Gasteiger partial charge >= 0.3 is 6.18 Å². The van der Waals surface area contributed by atoms with Crippen molar-refractivity contribution in [2.24, 2.45) is 5.73 Å². The molecule has 0 bridgehead atoms. The zero-order chi connectivity index (χ0) is 10.1. The molecule has 1 aromatic rings. The van der Waals surface area contributed by atoms with Gasteiger partial charge in [-0.2, -0.15) is 13.2 Å². The lowest BCUT2D eigenvalue weighted by Gasteiger charge is -2.27. The maximum atomic E-state index is 12.4. The van der Waals surface area contributed by atoms with Crippen LogP contribution in [0.5, 0.6) is 0 Å². The van der Waals surface area contributed by atoms with E-state index in [-0.39, 0.29) is 5.56 Å². The SMILES string of the molecule is CC(N)(c1ccncc1)C(F)(F)F. The number of hydrogen-bond donors (Lipinski definition) is 1. The van der Waals surface area contributed by atoms with E-state index in [9.17, 15) is 13.2 Å². The number of rotatable bonds is 1. The molecule has 0 spiro atoms. The van der Waals surface area contributed by atoms with Crippen molar-refractivity contribution < 1.29 is 13.2 Å². The topological polar surface area (TPSA) is 38.9 Å². The summed E-state index contributed by atoms with van der Waals surface area (Å²) in [6.45, 7) is 0.933. The van der Waals surface area contributed by atoms with Gasteiger partial charge in [0, 0.05) is 12.4 Å². The number of nitrogens with zero attached hydrogens (tertiary/aromatic N) is 1. The summed E-state index contributed by atoms with van der Waals surface area (Å²) in [5.74, 6) is 0. The van der Waals surface area contributed by atoms with E-state index >= 15 is 0 Å². The van der Waals surface area contributed by atoms with Crippen LogP contribution in [-0.4, -0.2) is 11.2 Å². The summed E-state index contributed by atoms with van der Waals surface area (Å²) >= 11 is 0. The Balaban J connectivity index is 3.08. The van der Waals surface area contributed by atoms with Crippen LogP contribution in [0.4, 0.5) is 13.2 Å². The minimum Gasteiger partial charge on any atom is -0.314 e. The van der Waals surface area contributed by atoms with Gasteiger partial charge in [0.2, 0.25) is 0 Å². The highest BCUT2D eigenvalue weighted by molar-refractivity contribution is 5.21. The largest absolute Gasteiger partial charge is 0.410 e. The molecule has 2 N–H and O–H groups in total. The Labute approximate surface area is 73.6 Å². The average molecular weight is 190 g/mol. The first kappa shape index (κ1) is 9.98. The molecule has 0 saturated carbocycles. The smallest absolute Gasteiger partial charge is 0.314 e. The second-order valence-corrected chi connectivity index (χ2v) is 2.94. The van der Waals surface area contributed by atoms with Gasteiger partial charge in [0.05, 0.1) is 0 Å². The molecule has 0 radical (unpaired) electrons. The third-order valence-electron chi connectivity index (χ3n) is 1.87. The molecule has 13 heavy (non-hydrogen) atoms. The molecule has 0 amide bonds. The highest BCUT2D eigenvalue weighted by atomic mass is 19.4. The Hall–Kier alpha value is -1.10. The fourth-order valence-electron chi connectivity index (χ4n) is 0.862. The van der Waals surface area contributed by atoms with Crippen LogP contribution >= 0.6 is 0 Å². The molecule has 0 aliphatic rings. The summed E-state index contributed by atoms with van der Waals surface area (Å²) < 4.78 is 37.1. The summed E-state index contributed by atoms with van der Waals surface area (Å²) in [6, 6.07) is 2.51. The van der Waals surface area contributed by atoms with E-state index in [1.54, 1.807) is 0 Å². The van der Waals surface area contributed by atoms with Gasteiger partial charge in [-0.05, 0) is 24.6 Å². The van der Waals surface area contributed by atoms with Gasteiger partial charge in [0.25, 0.3) is 0 Å². The van der Waals surface area contributed by atoms with E-state index in [4.69, 9.17) is 5.73 Å². The number of pyridine rings is 1. The van der Waals surface area contributed by atoms with Gasteiger partial charge in [-0.25, -0.2) is 0 Å². The zero-order valence-electron chi connectivity index (χ0n) is 6.97. The highest BCUT2D eigenvalue weighted by Gasteiger charge is 2.49. The molecule has 0 aromatic carbocycles. The van der Waals surface area contributed by atoms with Crippen LogP contribution in [-0.2, 0) is 5.54 Å². The standard InChI is InChI=1S/C8H9F3N2/c1-7(12,8(9,10)11)6-2-4-13-5-3-6/h2-5H,12H2,1H3. The third kappa shape index (κ3) is 1.80. The molecule has 0 fully saturated rings. The molecule has 1 rings (SSSR count). The van der Waals surface area contributed by atoms with Crippen LogP contribution in [0.25, 0.3) is 0 Å². The molecule has 0 saturated heterocycles. The Bertz CT molecular complexity index is 279. The number of nitrogens with two attached hydrogens (primary N) is 1. The summed E-state index contributed by atoms with van der Waals surface area (Å²) in [6.07, 6.45) is -1.88. The van der Waals surface area contributed by atoms with E-state index in [1.165, 1.54) is 24.5 Å². The van der Waals surface area contributed by atoms with Crippen molar-refractivity contribution in [3.8, 4) is 0 Å². The normalized spacial score (nSPS) is 16.7. The Morgan fingerprint density at radius 2 is 1.69 bits per heavy atom. The van der Waals surface area contributed by atoms with Gasteiger partial charge in [-0.1, -0.05) is 0 Å². The summed E-state index contributed by atoms with van der Waals surface area (Å²) in [7, 11) is 0. The lowest BCUT2D eigenvalue weighted by molar-refractivity contribution is -0.184. The van der Waals surface area contributed by atoms with Crippen LogP contribution in [0.1, 0.15) is 12.5 Å². The summed E-state index contributed by atoms with van der Waals surface area (Å²) in [4.78, 5) is 3.62. The number of alkyl halides is 3. The van der Waals surface area contributed by atoms with Crippen LogP contribution in [0, 0.1) is 0 Å². The third-order valence-corrected chi connectivity index (χ3v) is 1.87. The summed E-state index contributed by atoms with van der Waals surface area (Å²) in [5.41, 5.74) is 2.86. The Morgan fingerprint density at radius 3 is 2.08 bits per heavy atom. The van der Waals surface area contributed by atoms with Crippen molar-refractivity contribution in [1.82, 2.24) is 4.98 Å². The average Bonchev–Trinajstić information content (AvgIpc) is 2.04. The molecule has 2 nitrogen and oxygen atoms in total. The molecule has 72 valence electrons. The molecular formula is C8H9F3N2. The lowest BCUT2D eigenvalue weighted by Crippen LogP contribution is -2.47. The molecule has 1 atom stereocenters. The van der Waals surface area contributed by atoms with E-state index in [1.807, 2.05) is 0 Å². The maximum absolute atomic E-state index is 12.4.